The van der Waals surface area contributed by atoms with Crippen LogP contribution in [0.2, 0.25) is 0 Å². The molecule has 1 aromatic heterocycles. The first kappa shape index (κ1) is 13.7. The molecular weight excluding hydrogens is 308 g/mol. The summed E-state index contributed by atoms with van der Waals surface area (Å²) in [5.41, 5.74) is 6.41. The third-order valence-corrected chi connectivity index (χ3v) is 6.48. The lowest BCUT2D eigenvalue weighted by atomic mass is 9.86. The highest BCUT2D eigenvalue weighted by Gasteiger charge is 2.47. The number of carbonyl (C=O) groups is 2. The van der Waals surface area contributed by atoms with E-state index in [4.69, 9.17) is 4.74 Å². The summed E-state index contributed by atoms with van der Waals surface area (Å²) in [6.45, 7) is 0. The Balaban J connectivity index is 1.63. The van der Waals surface area contributed by atoms with Crippen LogP contribution < -0.4 is 0 Å². The van der Waals surface area contributed by atoms with Crippen LogP contribution in [-0.4, -0.2) is 11.9 Å². The summed E-state index contributed by atoms with van der Waals surface area (Å²) in [6, 6.07) is 2.23. The number of ether oxygens (including phenoxy) is 1. The molecule has 2 heterocycles. The molecule has 1 aliphatic heterocycles. The summed E-state index contributed by atoms with van der Waals surface area (Å²) in [5.74, 6) is 0.781. The highest BCUT2D eigenvalue weighted by Crippen LogP contribution is 2.59. The predicted octanol–water partition coefficient (Wildman–Crippen LogP) is 4.11. The molecule has 0 aromatic carbocycles. The molecule has 4 heteroatoms. The number of hydrogen-bond donors (Lipinski definition) is 0. The summed E-state index contributed by atoms with van der Waals surface area (Å²) in [7, 11) is 0. The minimum atomic E-state index is -0.383. The third kappa shape index (κ3) is 2.08. The zero-order valence-electron chi connectivity index (χ0n) is 12.8. The summed E-state index contributed by atoms with van der Waals surface area (Å²) in [5, 5.41) is 4.41. The molecule has 23 heavy (non-hydrogen) atoms. The van der Waals surface area contributed by atoms with Crippen LogP contribution in [0.1, 0.15) is 44.1 Å². The van der Waals surface area contributed by atoms with E-state index >= 15 is 0 Å². The maximum atomic E-state index is 12.0. The lowest BCUT2D eigenvalue weighted by Crippen LogP contribution is -2.05. The Hall–Kier alpha value is -1.68. The Labute approximate surface area is 139 Å². The van der Waals surface area contributed by atoms with Crippen molar-refractivity contribution in [1.29, 1.82) is 0 Å². The number of hydrogen-bond acceptors (Lipinski definition) is 4. The lowest BCUT2D eigenvalue weighted by Gasteiger charge is -2.18. The van der Waals surface area contributed by atoms with E-state index in [1.165, 1.54) is 24.0 Å². The van der Waals surface area contributed by atoms with Gasteiger partial charge in [0.25, 0.3) is 0 Å². The standard InChI is InChI=1S/C19H18O3S/c20-16-8-15(19(21)22-16)18-11-3-4-13(18)14(7-11)17(10-1-2-10)12-5-6-23-9-12/h5-6,9-11,13H,1-4,7-8H2. The van der Waals surface area contributed by atoms with Gasteiger partial charge < -0.3 is 4.74 Å². The van der Waals surface area contributed by atoms with Crippen molar-refractivity contribution in [3.8, 4) is 0 Å². The van der Waals surface area contributed by atoms with Crippen molar-refractivity contribution in [1.82, 2.24) is 0 Å². The van der Waals surface area contributed by atoms with Crippen molar-refractivity contribution in [2.24, 2.45) is 17.8 Å². The molecule has 0 amide bonds. The second-order valence-corrected chi connectivity index (χ2v) is 7.91. The third-order valence-electron chi connectivity index (χ3n) is 5.79. The number of thiophene rings is 1. The van der Waals surface area contributed by atoms with Gasteiger partial charge in [-0.3, -0.25) is 4.79 Å². The number of fused-ring (bicyclic) bond motifs is 2. The van der Waals surface area contributed by atoms with Crippen LogP contribution in [0.25, 0.3) is 5.57 Å². The van der Waals surface area contributed by atoms with Crippen LogP contribution in [-0.2, 0) is 14.3 Å². The van der Waals surface area contributed by atoms with Gasteiger partial charge >= 0.3 is 11.9 Å². The molecule has 4 fully saturated rings. The normalized spacial score (nSPS) is 35.1. The Kier molecular flexibility index (Phi) is 2.93. The summed E-state index contributed by atoms with van der Waals surface area (Å²) >= 11 is 1.75. The van der Waals surface area contributed by atoms with E-state index in [1.807, 2.05) is 0 Å². The Bertz CT molecular complexity index is 765. The molecule has 5 rings (SSSR count). The molecule has 4 aliphatic rings. The Morgan fingerprint density at radius 3 is 2.70 bits per heavy atom. The molecule has 0 N–H and O–H groups in total. The zero-order valence-corrected chi connectivity index (χ0v) is 13.7. The maximum Gasteiger partial charge on any atom is 0.342 e. The van der Waals surface area contributed by atoms with Crippen LogP contribution in [0.5, 0.6) is 0 Å². The van der Waals surface area contributed by atoms with Gasteiger partial charge in [-0.05, 0) is 77.5 Å². The van der Waals surface area contributed by atoms with Gasteiger partial charge in [-0.15, -0.1) is 0 Å². The largest absolute Gasteiger partial charge is 0.389 e. The van der Waals surface area contributed by atoms with Gasteiger partial charge in [-0.25, -0.2) is 4.79 Å². The highest BCUT2D eigenvalue weighted by atomic mass is 32.1. The topological polar surface area (TPSA) is 43.4 Å². The first-order valence-corrected chi connectivity index (χ1v) is 9.40. The Morgan fingerprint density at radius 2 is 2.04 bits per heavy atom. The number of carbonyl (C=O) groups excluding carboxylic acids is 2. The molecule has 3 aliphatic carbocycles. The number of cyclic esters (lactones) is 2. The molecule has 1 saturated heterocycles. The van der Waals surface area contributed by atoms with Gasteiger partial charge in [0.1, 0.15) is 0 Å². The van der Waals surface area contributed by atoms with E-state index < -0.39 is 0 Å². The van der Waals surface area contributed by atoms with Crippen molar-refractivity contribution in [3.63, 3.8) is 0 Å². The van der Waals surface area contributed by atoms with Gasteiger partial charge in [0.2, 0.25) is 0 Å². The zero-order chi connectivity index (χ0) is 15.6. The van der Waals surface area contributed by atoms with Gasteiger partial charge in [0.15, 0.2) is 0 Å². The van der Waals surface area contributed by atoms with E-state index in [0.717, 1.165) is 19.3 Å². The van der Waals surface area contributed by atoms with Gasteiger partial charge in [0.05, 0.1) is 6.42 Å². The fraction of sp³-hybridized carbons (Fsp3) is 0.474. The lowest BCUT2D eigenvalue weighted by molar-refractivity contribution is -0.151. The van der Waals surface area contributed by atoms with Crippen molar-refractivity contribution >= 4 is 28.8 Å². The summed E-state index contributed by atoms with van der Waals surface area (Å²) in [4.78, 5) is 23.5. The van der Waals surface area contributed by atoms with Crippen LogP contribution in [0.4, 0.5) is 0 Å². The molecule has 0 spiro atoms. The summed E-state index contributed by atoms with van der Waals surface area (Å²) < 4.78 is 4.79. The van der Waals surface area contributed by atoms with Gasteiger partial charge in [0, 0.05) is 11.5 Å². The smallest absolute Gasteiger partial charge is 0.342 e. The second-order valence-electron chi connectivity index (χ2n) is 7.13. The average Bonchev–Trinajstić information content (AvgIpc) is 2.91. The number of allylic oxidation sites excluding steroid dienone is 3. The molecule has 1 aromatic rings. The molecular formula is C19H18O3S. The first-order chi connectivity index (χ1) is 11.2. The minimum Gasteiger partial charge on any atom is -0.389 e. The van der Waals surface area contributed by atoms with Crippen LogP contribution in [0.3, 0.4) is 0 Å². The molecule has 0 radical (unpaired) electrons. The molecule has 2 atom stereocenters. The van der Waals surface area contributed by atoms with Crippen LogP contribution >= 0.6 is 11.3 Å². The van der Waals surface area contributed by atoms with Crippen LogP contribution in [0, 0.1) is 17.8 Å². The SMILES string of the molecule is O=C1CC(=C2C3CCC2C(=C(c2ccsc2)C2CC2)C3)C(=O)O1. The molecule has 2 unspecified atom stereocenters. The average molecular weight is 326 g/mol. The first-order valence-electron chi connectivity index (χ1n) is 8.46. The van der Waals surface area contributed by atoms with Crippen LogP contribution in [0.15, 0.2) is 33.5 Å². The van der Waals surface area contributed by atoms with Crippen molar-refractivity contribution in [2.45, 2.75) is 38.5 Å². The number of esters is 2. The fourth-order valence-corrected chi connectivity index (χ4v) is 5.47. The van der Waals surface area contributed by atoms with E-state index in [1.54, 1.807) is 22.5 Å². The Morgan fingerprint density at radius 1 is 1.17 bits per heavy atom. The quantitative estimate of drug-likeness (QED) is 0.467. The second kappa shape index (κ2) is 4.91. The number of rotatable bonds is 2. The highest BCUT2D eigenvalue weighted by molar-refractivity contribution is 7.08. The summed E-state index contributed by atoms with van der Waals surface area (Å²) in [6.07, 6.45) is 6.12. The van der Waals surface area contributed by atoms with Crippen molar-refractivity contribution < 1.29 is 14.3 Å². The molecule has 3 nitrogen and oxygen atoms in total. The predicted molar refractivity (Wildman–Crippen MR) is 87.5 cm³/mol. The van der Waals surface area contributed by atoms with E-state index in [2.05, 4.69) is 16.8 Å². The maximum absolute atomic E-state index is 12.0. The van der Waals surface area contributed by atoms with Gasteiger partial charge in [-0.2, -0.15) is 11.3 Å². The molecule has 118 valence electrons. The van der Waals surface area contributed by atoms with Crippen molar-refractivity contribution in [2.75, 3.05) is 0 Å². The van der Waals surface area contributed by atoms with Crippen molar-refractivity contribution in [3.05, 3.63) is 39.1 Å². The minimum absolute atomic E-state index is 0.186. The molecule has 2 bridgehead atoms. The monoisotopic (exact) mass is 326 g/mol. The van der Waals surface area contributed by atoms with E-state index in [0.29, 0.717) is 23.3 Å². The van der Waals surface area contributed by atoms with E-state index in [-0.39, 0.29) is 18.4 Å². The van der Waals surface area contributed by atoms with E-state index in [9.17, 15) is 9.59 Å². The molecule has 3 saturated carbocycles. The fourth-order valence-electron chi connectivity index (χ4n) is 4.81. The van der Waals surface area contributed by atoms with Gasteiger partial charge in [-0.1, -0.05) is 5.57 Å².